The van der Waals surface area contributed by atoms with E-state index < -0.39 is 0 Å². The van der Waals surface area contributed by atoms with Gasteiger partial charge in [-0.05, 0) is 48.3 Å². The molecule has 0 aromatic heterocycles. The summed E-state index contributed by atoms with van der Waals surface area (Å²) in [6, 6.07) is 9.23. The Kier molecular flexibility index (Phi) is 4.19. The first-order valence-corrected chi connectivity index (χ1v) is 7.49. The molecule has 0 radical (unpaired) electrons. The van der Waals surface area contributed by atoms with Crippen LogP contribution in [0.4, 0.5) is 5.69 Å². The lowest BCUT2D eigenvalue weighted by molar-refractivity contribution is 0.301. The molecular formula is C17H28N2. The van der Waals surface area contributed by atoms with Crippen LogP contribution in [0.2, 0.25) is 0 Å². The van der Waals surface area contributed by atoms with Crippen molar-refractivity contribution in [2.45, 2.75) is 46.1 Å². The van der Waals surface area contributed by atoms with Crippen LogP contribution in [0.15, 0.2) is 24.3 Å². The molecular weight excluding hydrogens is 232 g/mol. The Morgan fingerprint density at radius 2 is 1.89 bits per heavy atom. The minimum Gasteiger partial charge on any atom is -0.374 e. The molecule has 1 aliphatic rings. The van der Waals surface area contributed by atoms with Crippen LogP contribution < -0.4 is 10.6 Å². The van der Waals surface area contributed by atoms with Gasteiger partial charge in [0.1, 0.15) is 0 Å². The zero-order valence-corrected chi connectivity index (χ0v) is 12.8. The van der Waals surface area contributed by atoms with Crippen molar-refractivity contribution < 1.29 is 0 Å². The van der Waals surface area contributed by atoms with E-state index in [0.29, 0.717) is 17.4 Å². The second-order valence-corrected chi connectivity index (χ2v) is 6.71. The lowest BCUT2D eigenvalue weighted by atomic mass is 9.85. The summed E-state index contributed by atoms with van der Waals surface area (Å²) in [5.74, 6) is 0.617. The molecule has 19 heavy (non-hydrogen) atoms. The monoisotopic (exact) mass is 260 g/mol. The summed E-state index contributed by atoms with van der Waals surface area (Å²) in [5, 5.41) is 0. The Labute approximate surface area is 118 Å². The molecule has 1 aromatic rings. The predicted octanol–water partition coefficient (Wildman–Crippen LogP) is 3.45. The van der Waals surface area contributed by atoms with Gasteiger partial charge in [-0.25, -0.2) is 0 Å². The smallest absolute Gasteiger partial charge is 0.0363 e. The fourth-order valence-corrected chi connectivity index (χ4v) is 3.19. The second kappa shape index (κ2) is 5.54. The van der Waals surface area contributed by atoms with Crippen LogP contribution in [-0.4, -0.2) is 19.6 Å². The van der Waals surface area contributed by atoms with Crippen LogP contribution in [0.25, 0.3) is 0 Å². The minimum atomic E-state index is 0.303. The molecule has 1 saturated carbocycles. The van der Waals surface area contributed by atoms with E-state index >= 15 is 0 Å². The molecule has 2 nitrogen and oxygen atoms in total. The summed E-state index contributed by atoms with van der Waals surface area (Å²) in [6.07, 6.45) is 3.61. The second-order valence-electron chi connectivity index (χ2n) is 6.71. The average Bonchev–Trinajstić information content (AvgIpc) is 2.66. The van der Waals surface area contributed by atoms with Gasteiger partial charge in [0.2, 0.25) is 0 Å². The van der Waals surface area contributed by atoms with Crippen molar-refractivity contribution in [2.24, 2.45) is 17.1 Å². The van der Waals surface area contributed by atoms with E-state index in [9.17, 15) is 0 Å². The van der Waals surface area contributed by atoms with Gasteiger partial charge in [0.15, 0.2) is 0 Å². The molecule has 0 amide bonds. The third-order valence-electron chi connectivity index (χ3n) is 4.86. The summed E-state index contributed by atoms with van der Waals surface area (Å²) in [4.78, 5) is 2.35. The molecule has 0 saturated heterocycles. The number of aryl methyl sites for hydroxylation is 1. The highest BCUT2D eigenvalue weighted by atomic mass is 15.1. The van der Waals surface area contributed by atoms with Crippen LogP contribution in [0.1, 0.15) is 39.2 Å². The maximum Gasteiger partial charge on any atom is 0.0363 e. The summed E-state index contributed by atoms with van der Waals surface area (Å²) < 4.78 is 0. The van der Waals surface area contributed by atoms with Gasteiger partial charge in [-0.1, -0.05) is 32.9 Å². The molecule has 0 heterocycles. The maximum absolute atomic E-state index is 6.40. The Morgan fingerprint density at radius 3 is 2.37 bits per heavy atom. The van der Waals surface area contributed by atoms with Gasteiger partial charge < -0.3 is 10.6 Å². The van der Waals surface area contributed by atoms with Crippen molar-refractivity contribution in [3.63, 3.8) is 0 Å². The lowest BCUT2D eigenvalue weighted by Gasteiger charge is -2.30. The van der Waals surface area contributed by atoms with E-state index in [1.807, 2.05) is 0 Å². The van der Waals surface area contributed by atoms with Crippen LogP contribution in [0, 0.1) is 11.3 Å². The summed E-state index contributed by atoms with van der Waals surface area (Å²) in [6.45, 7) is 7.86. The molecule has 0 spiro atoms. The number of nitrogens with two attached hydrogens (primary N) is 1. The zero-order valence-electron chi connectivity index (χ0n) is 12.8. The van der Waals surface area contributed by atoms with Gasteiger partial charge in [0, 0.05) is 25.3 Å². The van der Waals surface area contributed by atoms with E-state index in [-0.39, 0.29) is 0 Å². The first-order chi connectivity index (χ1) is 8.94. The van der Waals surface area contributed by atoms with E-state index in [1.165, 1.54) is 24.1 Å². The maximum atomic E-state index is 6.40. The molecule has 1 aliphatic carbocycles. The quantitative estimate of drug-likeness (QED) is 0.898. The third kappa shape index (κ3) is 3.11. The van der Waals surface area contributed by atoms with Gasteiger partial charge in [0.05, 0.1) is 0 Å². The van der Waals surface area contributed by atoms with Gasteiger partial charge in [-0.2, -0.15) is 0 Å². The molecule has 2 heteroatoms. The normalized spacial score (nSPS) is 25.5. The first-order valence-electron chi connectivity index (χ1n) is 7.49. The Hall–Kier alpha value is -1.02. The average molecular weight is 260 g/mol. The standard InChI is InChI=1S/C17H28N2/c1-5-13-6-8-15(9-7-13)19(4)12-14-10-11-17(2,3)16(14)18/h6-9,14,16H,5,10-12,18H2,1-4H3. The number of nitrogens with zero attached hydrogens (tertiary/aromatic N) is 1. The zero-order chi connectivity index (χ0) is 14.0. The summed E-state index contributed by atoms with van der Waals surface area (Å²) in [7, 11) is 2.18. The Morgan fingerprint density at radius 1 is 1.26 bits per heavy atom. The highest BCUT2D eigenvalue weighted by Gasteiger charge is 2.39. The Bertz CT molecular complexity index is 408. The van der Waals surface area contributed by atoms with E-state index in [0.717, 1.165) is 13.0 Å². The third-order valence-corrected chi connectivity index (χ3v) is 4.86. The van der Waals surface area contributed by atoms with E-state index in [2.05, 4.69) is 57.0 Å². The van der Waals surface area contributed by atoms with Crippen LogP contribution >= 0.6 is 0 Å². The molecule has 0 aliphatic heterocycles. The molecule has 2 atom stereocenters. The first kappa shape index (κ1) is 14.4. The number of anilines is 1. The van der Waals surface area contributed by atoms with Gasteiger partial charge in [-0.3, -0.25) is 0 Å². The fraction of sp³-hybridized carbons (Fsp3) is 0.647. The van der Waals surface area contributed by atoms with Crippen molar-refractivity contribution in [3.8, 4) is 0 Å². The SMILES string of the molecule is CCc1ccc(N(C)CC2CCC(C)(C)C2N)cc1. The number of hydrogen-bond donors (Lipinski definition) is 1. The molecule has 2 N–H and O–H groups in total. The topological polar surface area (TPSA) is 29.3 Å². The summed E-state index contributed by atoms with van der Waals surface area (Å²) in [5.41, 5.74) is 9.40. The van der Waals surface area contributed by atoms with Crippen molar-refractivity contribution in [1.82, 2.24) is 0 Å². The van der Waals surface area contributed by atoms with Gasteiger partial charge in [0.25, 0.3) is 0 Å². The van der Waals surface area contributed by atoms with Crippen molar-refractivity contribution in [2.75, 3.05) is 18.5 Å². The van der Waals surface area contributed by atoms with Crippen LogP contribution in [-0.2, 0) is 6.42 Å². The fourth-order valence-electron chi connectivity index (χ4n) is 3.19. The highest BCUT2D eigenvalue weighted by molar-refractivity contribution is 5.47. The van der Waals surface area contributed by atoms with Crippen molar-refractivity contribution >= 4 is 5.69 Å². The largest absolute Gasteiger partial charge is 0.374 e. The van der Waals surface area contributed by atoms with E-state index in [4.69, 9.17) is 5.73 Å². The highest BCUT2D eigenvalue weighted by Crippen LogP contribution is 2.40. The van der Waals surface area contributed by atoms with Crippen LogP contribution in [0.5, 0.6) is 0 Å². The summed E-state index contributed by atoms with van der Waals surface area (Å²) >= 11 is 0. The number of rotatable bonds is 4. The molecule has 106 valence electrons. The molecule has 2 rings (SSSR count). The molecule has 1 aromatic carbocycles. The van der Waals surface area contributed by atoms with E-state index in [1.54, 1.807) is 0 Å². The molecule has 2 unspecified atom stereocenters. The molecule has 0 bridgehead atoms. The predicted molar refractivity (Wildman–Crippen MR) is 83.6 cm³/mol. The van der Waals surface area contributed by atoms with Crippen molar-refractivity contribution in [3.05, 3.63) is 29.8 Å². The van der Waals surface area contributed by atoms with Crippen LogP contribution in [0.3, 0.4) is 0 Å². The van der Waals surface area contributed by atoms with Gasteiger partial charge >= 0.3 is 0 Å². The number of benzene rings is 1. The van der Waals surface area contributed by atoms with Crippen molar-refractivity contribution in [1.29, 1.82) is 0 Å². The lowest BCUT2D eigenvalue weighted by Crippen LogP contribution is -2.41. The Balaban J connectivity index is 1.99. The minimum absolute atomic E-state index is 0.303. The van der Waals surface area contributed by atoms with Gasteiger partial charge in [-0.15, -0.1) is 0 Å². The molecule has 1 fully saturated rings. The number of hydrogen-bond acceptors (Lipinski definition) is 2.